The van der Waals surface area contributed by atoms with Gasteiger partial charge in [0.1, 0.15) is 0 Å². The fourth-order valence-electron chi connectivity index (χ4n) is 3.69. The van der Waals surface area contributed by atoms with Gasteiger partial charge < -0.3 is 14.5 Å². The zero-order valence-corrected chi connectivity index (χ0v) is 14.4. The number of ether oxygens (including phenoxy) is 1. The molecule has 0 N–H and O–H groups in total. The van der Waals surface area contributed by atoms with Gasteiger partial charge >= 0.3 is 0 Å². The topological polar surface area (TPSA) is 44.7 Å². The van der Waals surface area contributed by atoms with E-state index in [0.29, 0.717) is 0 Å². The maximum absolute atomic E-state index is 5.99. The predicted molar refractivity (Wildman–Crippen MR) is 91.7 cm³/mol. The lowest BCUT2D eigenvalue weighted by Gasteiger charge is -2.43. The summed E-state index contributed by atoms with van der Waals surface area (Å²) in [5, 5.41) is 0. The monoisotopic (exact) mass is 319 g/mol. The second kappa shape index (κ2) is 7.55. The van der Waals surface area contributed by atoms with Crippen molar-refractivity contribution in [3.8, 4) is 0 Å². The van der Waals surface area contributed by atoms with Crippen molar-refractivity contribution in [3.63, 3.8) is 0 Å². The average Bonchev–Trinajstić information content (AvgIpc) is 2.76. The summed E-state index contributed by atoms with van der Waals surface area (Å²) in [6.07, 6.45) is 6.07. The Labute approximate surface area is 139 Å². The van der Waals surface area contributed by atoms with Gasteiger partial charge in [0.25, 0.3) is 0 Å². The zero-order chi connectivity index (χ0) is 16.1. The lowest BCUT2D eigenvalue weighted by molar-refractivity contribution is 0.0555. The standard InChI is InChI=1S/C17H29N5O/c1-20(2)9-10-21-11-12-23-15-17(13-21)5-3-8-22(14-17)16-18-6-4-7-19-16/h4,6-7H,3,5,8-15H2,1-2H3/t17-/m1/s1. The first-order valence-corrected chi connectivity index (χ1v) is 8.64. The Morgan fingerprint density at radius 1 is 1.22 bits per heavy atom. The maximum atomic E-state index is 5.99. The molecular formula is C17H29N5O. The first kappa shape index (κ1) is 16.6. The van der Waals surface area contributed by atoms with Gasteiger partial charge in [0.2, 0.25) is 5.95 Å². The highest BCUT2D eigenvalue weighted by Crippen LogP contribution is 2.34. The minimum absolute atomic E-state index is 0.209. The number of hydrogen-bond donors (Lipinski definition) is 0. The van der Waals surface area contributed by atoms with Crippen molar-refractivity contribution in [2.45, 2.75) is 12.8 Å². The molecule has 6 nitrogen and oxygen atoms in total. The van der Waals surface area contributed by atoms with Crippen molar-refractivity contribution in [3.05, 3.63) is 18.5 Å². The second-order valence-electron chi connectivity index (χ2n) is 7.21. The summed E-state index contributed by atoms with van der Waals surface area (Å²) in [4.78, 5) is 16.0. The third kappa shape index (κ3) is 4.40. The van der Waals surface area contributed by atoms with Crippen LogP contribution in [0.5, 0.6) is 0 Å². The number of aromatic nitrogens is 2. The van der Waals surface area contributed by atoms with Crippen LogP contribution in [0.2, 0.25) is 0 Å². The molecule has 0 amide bonds. The first-order valence-electron chi connectivity index (χ1n) is 8.64. The van der Waals surface area contributed by atoms with Crippen molar-refractivity contribution < 1.29 is 4.74 Å². The quantitative estimate of drug-likeness (QED) is 0.824. The smallest absolute Gasteiger partial charge is 0.225 e. The molecule has 2 fully saturated rings. The third-order valence-corrected chi connectivity index (χ3v) is 4.88. The van der Waals surface area contributed by atoms with Crippen LogP contribution in [0, 0.1) is 5.41 Å². The molecule has 3 rings (SSSR count). The molecule has 0 aromatic carbocycles. The minimum atomic E-state index is 0.209. The Morgan fingerprint density at radius 2 is 2.04 bits per heavy atom. The molecule has 1 spiro atoms. The largest absolute Gasteiger partial charge is 0.379 e. The first-order chi connectivity index (χ1) is 11.2. The Kier molecular flexibility index (Phi) is 5.46. The number of nitrogens with zero attached hydrogens (tertiary/aromatic N) is 5. The summed E-state index contributed by atoms with van der Waals surface area (Å²) < 4.78 is 5.99. The molecule has 3 heterocycles. The summed E-state index contributed by atoms with van der Waals surface area (Å²) in [7, 11) is 4.28. The van der Waals surface area contributed by atoms with Gasteiger partial charge in [0.05, 0.1) is 13.2 Å². The number of likely N-dealkylation sites (N-methyl/N-ethyl adjacent to an activating group) is 1. The van der Waals surface area contributed by atoms with E-state index < -0.39 is 0 Å². The van der Waals surface area contributed by atoms with Crippen molar-refractivity contribution in [1.82, 2.24) is 19.8 Å². The van der Waals surface area contributed by atoms with E-state index in [1.165, 1.54) is 12.8 Å². The van der Waals surface area contributed by atoms with E-state index in [1.807, 2.05) is 18.5 Å². The fourth-order valence-corrected chi connectivity index (χ4v) is 3.69. The SMILES string of the molecule is CN(C)CCN1CCOC[C@]2(CCCN(c3ncccn3)C2)C1. The second-order valence-corrected chi connectivity index (χ2v) is 7.21. The predicted octanol–water partition coefficient (Wildman–Crippen LogP) is 0.957. The van der Waals surface area contributed by atoms with Crippen molar-refractivity contribution >= 4 is 5.95 Å². The van der Waals surface area contributed by atoms with Crippen LogP contribution in [0.1, 0.15) is 12.8 Å². The number of piperidine rings is 1. The van der Waals surface area contributed by atoms with Crippen molar-refractivity contribution in [2.24, 2.45) is 5.41 Å². The number of anilines is 1. The van der Waals surface area contributed by atoms with E-state index in [-0.39, 0.29) is 5.41 Å². The van der Waals surface area contributed by atoms with E-state index in [2.05, 4.69) is 38.8 Å². The Balaban J connectivity index is 1.68. The van der Waals surface area contributed by atoms with Gasteiger partial charge in [-0.2, -0.15) is 0 Å². The van der Waals surface area contributed by atoms with E-state index >= 15 is 0 Å². The van der Waals surface area contributed by atoms with Gasteiger partial charge in [-0.15, -0.1) is 0 Å². The molecule has 23 heavy (non-hydrogen) atoms. The molecule has 0 aliphatic carbocycles. The van der Waals surface area contributed by atoms with Gasteiger partial charge in [-0.3, -0.25) is 4.90 Å². The number of rotatable bonds is 4. The van der Waals surface area contributed by atoms with Crippen LogP contribution in [-0.2, 0) is 4.74 Å². The molecular weight excluding hydrogens is 290 g/mol. The molecule has 128 valence electrons. The molecule has 1 aromatic rings. The van der Waals surface area contributed by atoms with Gasteiger partial charge in [0, 0.05) is 57.1 Å². The normalized spacial score (nSPS) is 26.7. The highest BCUT2D eigenvalue weighted by Gasteiger charge is 2.39. The molecule has 2 saturated heterocycles. The molecule has 0 radical (unpaired) electrons. The third-order valence-electron chi connectivity index (χ3n) is 4.88. The molecule has 1 aromatic heterocycles. The Hall–Kier alpha value is -1.24. The summed E-state index contributed by atoms with van der Waals surface area (Å²) >= 11 is 0. The van der Waals surface area contributed by atoms with Crippen LogP contribution in [0.4, 0.5) is 5.95 Å². The van der Waals surface area contributed by atoms with Crippen molar-refractivity contribution in [1.29, 1.82) is 0 Å². The van der Waals surface area contributed by atoms with Crippen LogP contribution in [-0.4, -0.2) is 86.3 Å². The summed E-state index contributed by atoms with van der Waals surface area (Å²) in [5.41, 5.74) is 0.209. The molecule has 0 unspecified atom stereocenters. The van der Waals surface area contributed by atoms with E-state index in [4.69, 9.17) is 4.74 Å². The van der Waals surface area contributed by atoms with Crippen molar-refractivity contribution in [2.75, 3.05) is 71.5 Å². The van der Waals surface area contributed by atoms with Crippen LogP contribution in [0.15, 0.2) is 18.5 Å². The summed E-state index contributed by atoms with van der Waals surface area (Å²) in [6.45, 7) is 8.11. The van der Waals surface area contributed by atoms with Crippen LogP contribution >= 0.6 is 0 Å². The summed E-state index contributed by atoms with van der Waals surface area (Å²) in [5.74, 6) is 0.857. The Bertz CT molecular complexity index is 483. The minimum Gasteiger partial charge on any atom is -0.379 e. The van der Waals surface area contributed by atoms with E-state index in [9.17, 15) is 0 Å². The van der Waals surface area contributed by atoms with Gasteiger partial charge in [-0.05, 0) is 33.0 Å². The van der Waals surface area contributed by atoms with Crippen LogP contribution in [0.25, 0.3) is 0 Å². The highest BCUT2D eigenvalue weighted by molar-refractivity contribution is 5.30. The molecule has 0 bridgehead atoms. The fraction of sp³-hybridized carbons (Fsp3) is 0.765. The average molecular weight is 319 g/mol. The molecule has 2 aliphatic rings. The maximum Gasteiger partial charge on any atom is 0.225 e. The van der Waals surface area contributed by atoms with E-state index in [0.717, 1.165) is 58.4 Å². The molecule has 0 saturated carbocycles. The summed E-state index contributed by atoms with van der Waals surface area (Å²) in [6, 6.07) is 1.88. The van der Waals surface area contributed by atoms with Crippen LogP contribution < -0.4 is 4.90 Å². The highest BCUT2D eigenvalue weighted by atomic mass is 16.5. The lowest BCUT2D eigenvalue weighted by Crippen LogP contribution is -2.51. The zero-order valence-electron chi connectivity index (χ0n) is 14.4. The lowest BCUT2D eigenvalue weighted by atomic mass is 9.80. The van der Waals surface area contributed by atoms with Gasteiger partial charge in [-0.25, -0.2) is 9.97 Å². The molecule has 6 heteroatoms. The van der Waals surface area contributed by atoms with Gasteiger partial charge in [0.15, 0.2) is 0 Å². The Morgan fingerprint density at radius 3 is 2.83 bits per heavy atom. The molecule has 2 aliphatic heterocycles. The van der Waals surface area contributed by atoms with Crippen LogP contribution in [0.3, 0.4) is 0 Å². The van der Waals surface area contributed by atoms with E-state index in [1.54, 1.807) is 0 Å². The molecule has 1 atom stereocenters. The number of hydrogen-bond acceptors (Lipinski definition) is 6. The van der Waals surface area contributed by atoms with Gasteiger partial charge in [-0.1, -0.05) is 0 Å².